The lowest BCUT2D eigenvalue weighted by molar-refractivity contribution is -0.137. The SMILES string of the molecule is CCN(CCC(=O)O)C(=O)NCCOCC(C)C. The topological polar surface area (TPSA) is 78.9 Å². The lowest BCUT2D eigenvalue weighted by Gasteiger charge is -2.20. The van der Waals surface area contributed by atoms with Crippen LogP contribution in [0.2, 0.25) is 0 Å². The van der Waals surface area contributed by atoms with Crippen molar-refractivity contribution < 1.29 is 19.4 Å². The fourth-order valence-corrected chi connectivity index (χ4v) is 1.29. The summed E-state index contributed by atoms with van der Waals surface area (Å²) in [5.74, 6) is -0.426. The number of rotatable bonds is 9. The van der Waals surface area contributed by atoms with Gasteiger partial charge in [-0.15, -0.1) is 0 Å². The Balaban J connectivity index is 3.73. The first-order valence-corrected chi connectivity index (χ1v) is 6.29. The van der Waals surface area contributed by atoms with Crippen LogP contribution in [0.1, 0.15) is 27.2 Å². The second-order valence-electron chi connectivity index (χ2n) is 4.42. The summed E-state index contributed by atoms with van der Waals surface area (Å²) >= 11 is 0. The second-order valence-corrected chi connectivity index (χ2v) is 4.42. The number of urea groups is 1. The minimum Gasteiger partial charge on any atom is -0.481 e. The number of nitrogens with zero attached hydrogens (tertiary/aromatic N) is 1. The summed E-state index contributed by atoms with van der Waals surface area (Å²) in [5.41, 5.74) is 0. The van der Waals surface area contributed by atoms with Gasteiger partial charge in [-0.05, 0) is 12.8 Å². The zero-order chi connectivity index (χ0) is 14.0. The average molecular weight is 260 g/mol. The van der Waals surface area contributed by atoms with Gasteiger partial charge in [0, 0.05) is 26.2 Å². The summed E-state index contributed by atoms with van der Waals surface area (Å²) in [4.78, 5) is 23.5. The highest BCUT2D eigenvalue weighted by Gasteiger charge is 2.11. The van der Waals surface area contributed by atoms with Crippen molar-refractivity contribution in [2.24, 2.45) is 5.92 Å². The third kappa shape index (κ3) is 8.81. The lowest BCUT2D eigenvalue weighted by atomic mass is 10.2. The van der Waals surface area contributed by atoms with Gasteiger partial charge in [0.1, 0.15) is 0 Å². The van der Waals surface area contributed by atoms with Gasteiger partial charge in [0.25, 0.3) is 0 Å². The molecule has 0 saturated heterocycles. The van der Waals surface area contributed by atoms with E-state index in [1.165, 1.54) is 4.90 Å². The van der Waals surface area contributed by atoms with E-state index in [2.05, 4.69) is 19.2 Å². The molecule has 2 amide bonds. The second kappa shape index (κ2) is 9.70. The Morgan fingerprint density at radius 1 is 1.39 bits per heavy atom. The highest BCUT2D eigenvalue weighted by atomic mass is 16.5. The molecule has 6 nitrogen and oxygen atoms in total. The molecule has 0 rings (SSSR count). The van der Waals surface area contributed by atoms with E-state index in [4.69, 9.17) is 9.84 Å². The van der Waals surface area contributed by atoms with Crippen LogP contribution in [0.15, 0.2) is 0 Å². The Morgan fingerprint density at radius 2 is 2.06 bits per heavy atom. The van der Waals surface area contributed by atoms with Gasteiger partial charge in [-0.3, -0.25) is 4.79 Å². The molecule has 0 heterocycles. The lowest BCUT2D eigenvalue weighted by Crippen LogP contribution is -2.42. The summed E-state index contributed by atoms with van der Waals surface area (Å²) < 4.78 is 5.33. The van der Waals surface area contributed by atoms with Crippen LogP contribution in [0.25, 0.3) is 0 Å². The number of ether oxygens (including phenoxy) is 1. The number of nitrogens with one attached hydrogen (secondary N) is 1. The summed E-state index contributed by atoms with van der Waals surface area (Å²) in [5, 5.41) is 11.3. The fraction of sp³-hybridized carbons (Fsp3) is 0.833. The fourth-order valence-electron chi connectivity index (χ4n) is 1.29. The predicted octanol–water partition coefficient (Wildman–Crippen LogP) is 1.17. The zero-order valence-corrected chi connectivity index (χ0v) is 11.4. The third-order valence-electron chi connectivity index (χ3n) is 2.24. The van der Waals surface area contributed by atoms with Crippen LogP contribution in [0.4, 0.5) is 4.79 Å². The number of carbonyl (C=O) groups is 2. The van der Waals surface area contributed by atoms with Crippen molar-refractivity contribution in [2.45, 2.75) is 27.2 Å². The Morgan fingerprint density at radius 3 is 2.56 bits per heavy atom. The van der Waals surface area contributed by atoms with E-state index in [0.29, 0.717) is 32.2 Å². The van der Waals surface area contributed by atoms with Crippen LogP contribution in [0, 0.1) is 5.92 Å². The van der Waals surface area contributed by atoms with Crippen LogP contribution >= 0.6 is 0 Å². The molecule has 106 valence electrons. The molecule has 0 saturated carbocycles. The first-order chi connectivity index (χ1) is 8.47. The van der Waals surface area contributed by atoms with Crippen molar-refractivity contribution in [1.82, 2.24) is 10.2 Å². The van der Waals surface area contributed by atoms with Crippen molar-refractivity contribution in [3.8, 4) is 0 Å². The molecule has 0 aliphatic heterocycles. The zero-order valence-electron chi connectivity index (χ0n) is 11.4. The monoisotopic (exact) mass is 260 g/mol. The van der Waals surface area contributed by atoms with Crippen LogP contribution in [-0.2, 0) is 9.53 Å². The maximum Gasteiger partial charge on any atom is 0.317 e. The first kappa shape index (κ1) is 16.7. The van der Waals surface area contributed by atoms with Crippen molar-refractivity contribution in [3.63, 3.8) is 0 Å². The molecule has 6 heteroatoms. The van der Waals surface area contributed by atoms with Gasteiger partial charge in [0.15, 0.2) is 0 Å². The minimum atomic E-state index is -0.901. The van der Waals surface area contributed by atoms with Crippen LogP contribution in [-0.4, -0.2) is 54.9 Å². The molecule has 0 unspecified atom stereocenters. The summed E-state index contributed by atoms with van der Waals surface area (Å²) in [7, 11) is 0. The third-order valence-corrected chi connectivity index (χ3v) is 2.24. The molecule has 0 aromatic heterocycles. The maximum absolute atomic E-state index is 11.7. The molecule has 0 bridgehead atoms. The summed E-state index contributed by atoms with van der Waals surface area (Å²) in [6.07, 6.45) is -0.0366. The molecule has 0 aromatic carbocycles. The van der Waals surface area contributed by atoms with Crippen LogP contribution in [0.5, 0.6) is 0 Å². The molecule has 2 N–H and O–H groups in total. The smallest absolute Gasteiger partial charge is 0.317 e. The van der Waals surface area contributed by atoms with E-state index < -0.39 is 5.97 Å². The average Bonchev–Trinajstić information content (AvgIpc) is 2.28. The van der Waals surface area contributed by atoms with Gasteiger partial charge in [-0.25, -0.2) is 4.79 Å². The summed E-state index contributed by atoms with van der Waals surface area (Å²) in [6.45, 7) is 8.24. The number of carboxylic acid groups (broad SMARTS) is 1. The highest BCUT2D eigenvalue weighted by molar-refractivity contribution is 5.75. The quantitative estimate of drug-likeness (QED) is 0.610. The number of hydrogen-bond donors (Lipinski definition) is 2. The van der Waals surface area contributed by atoms with E-state index >= 15 is 0 Å². The highest BCUT2D eigenvalue weighted by Crippen LogP contribution is 1.94. The molecule has 0 aliphatic carbocycles. The minimum absolute atomic E-state index is 0.0366. The van der Waals surface area contributed by atoms with Crippen molar-refractivity contribution in [1.29, 1.82) is 0 Å². The van der Waals surface area contributed by atoms with Crippen LogP contribution in [0.3, 0.4) is 0 Å². The van der Waals surface area contributed by atoms with E-state index in [1.807, 2.05) is 6.92 Å². The molecular formula is C12H24N2O4. The Kier molecular flexibility index (Phi) is 9.00. The van der Waals surface area contributed by atoms with Crippen molar-refractivity contribution in [3.05, 3.63) is 0 Å². The molecule has 0 aromatic rings. The Bertz CT molecular complexity index is 256. The van der Waals surface area contributed by atoms with Gasteiger partial charge in [0.05, 0.1) is 13.0 Å². The molecule has 0 fully saturated rings. The van der Waals surface area contributed by atoms with Crippen molar-refractivity contribution in [2.75, 3.05) is 32.8 Å². The molecule has 0 spiro atoms. The largest absolute Gasteiger partial charge is 0.481 e. The molecular weight excluding hydrogens is 236 g/mol. The number of carbonyl (C=O) groups excluding carboxylic acids is 1. The van der Waals surface area contributed by atoms with E-state index in [-0.39, 0.29) is 19.0 Å². The molecule has 0 aliphatic rings. The number of carboxylic acids is 1. The number of hydrogen-bond acceptors (Lipinski definition) is 3. The molecule has 0 atom stereocenters. The van der Waals surface area contributed by atoms with Crippen LogP contribution < -0.4 is 5.32 Å². The van der Waals surface area contributed by atoms with Gasteiger partial charge >= 0.3 is 12.0 Å². The van der Waals surface area contributed by atoms with E-state index in [0.717, 1.165) is 0 Å². The van der Waals surface area contributed by atoms with Crippen molar-refractivity contribution >= 4 is 12.0 Å². The maximum atomic E-state index is 11.7. The number of aliphatic carboxylic acids is 1. The Hall–Kier alpha value is -1.30. The van der Waals surface area contributed by atoms with E-state index in [9.17, 15) is 9.59 Å². The van der Waals surface area contributed by atoms with Gasteiger partial charge in [0.2, 0.25) is 0 Å². The predicted molar refractivity (Wildman–Crippen MR) is 68.6 cm³/mol. The standard InChI is InChI=1S/C12H24N2O4/c1-4-14(7-5-11(15)16)12(17)13-6-8-18-9-10(2)3/h10H,4-9H2,1-3H3,(H,13,17)(H,15,16). The summed E-state index contributed by atoms with van der Waals surface area (Å²) in [6, 6.07) is -0.244. The van der Waals surface area contributed by atoms with Gasteiger partial charge < -0.3 is 20.1 Å². The first-order valence-electron chi connectivity index (χ1n) is 6.29. The van der Waals surface area contributed by atoms with E-state index in [1.54, 1.807) is 0 Å². The molecule has 18 heavy (non-hydrogen) atoms. The van der Waals surface area contributed by atoms with Gasteiger partial charge in [-0.2, -0.15) is 0 Å². The van der Waals surface area contributed by atoms with Gasteiger partial charge in [-0.1, -0.05) is 13.8 Å². The molecule has 0 radical (unpaired) electrons. The Labute approximate surface area is 108 Å². The normalized spacial score (nSPS) is 10.4. The number of amides is 2.